The van der Waals surface area contributed by atoms with E-state index in [1.54, 1.807) is 13.0 Å². The topological polar surface area (TPSA) is 48.6 Å². The molecule has 0 bridgehead atoms. The number of benzene rings is 1. The number of rotatable bonds is 0. The molecule has 0 radical (unpaired) electrons. The third kappa shape index (κ3) is 1.16. The van der Waals surface area contributed by atoms with Crippen molar-refractivity contribution >= 4 is 21.8 Å². The summed E-state index contributed by atoms with van der Waals surface area (Å²) in [5.74, 6) is -0.378. The molecule has 2 aromatic heterocycles. The molecular weight excluding hydrogens is 207 g/mol. The van der Waals surface area contributed by atoms with E-state index in [4.69, 9.17) is 0 Å². The normalized spacial score (nSPS) is 11.4. The molecule has 0 atom stereocenters. The first-order valence-electron chi connectivity index (χ1n) is 4.96. The lowest BCUT2D eigenvalue weighted by Crippen LogP contribution is -1.93. The highest BCUT2D eigenvalue weighted by Crippen LogP contribution is 2.25. The number of aromatic nitrogens is 2. The van der Waals surface area contributed by atoms with E-state index in [-0.39, 0.29) is 11.4 Å². The molecule has 1 aromatic carbocycles. The summed E-state index contributed by atoms with van der Waals surface area (Å²) in [7, 11) is 0. The molecule has 4 heteroatoms. The zero-order valence-corrected chi connectivity index (χ0v) is 8.60. The molecule has 2 heterocycles. The van der Waals surface area contributed by atoms with Crippen LogP contribution in [-0.2, 0) is 0 Å². The summed E-state index contributed by atoms with van der Waals surface area (Å²) in [6, 6.07) is 6.16. The van der Waals surface area contributed by atoms with E-state index < -0.39 is 0 Å². The first-order chi connectivity index (χ1) is 7.65. The SMILES string of the molecule is Cc1[nH]c(F)cc2c1[nH]c1cc(=O)ccc12. The Labute approximate surface area is 89.9 Å². The van der Waals surface area contributed by atoms with Gasteiger partial charge in [-0.2, -0.15) is 4.39 Å². The van der Waals surface area contributed by atoms with Crippen LogP contribution in [0.4, 0.5) is 4.39 Å². The lowest BCUT2D eigenvalue weighted by Gasteiger charge is -1.97. The van der Waals surface area contributed by atoms with E-state index >= 15 is 0 Å². The Morgan fingerprint density at radius 3 is 2.75 bits per heavy atom. The molecular formula is C12H9FN2O. The largest absolute Gasteiger partial charge is 0.353 e. The van der Waals surface area contributed by atoms with E-state index in [1.807, 2.05) is 0 Å². The van der Waals surface area contributed by atoms with Crippen molar-refractivity contribution in [3.8, 4) is 0 Å². The van der Waals surface area contributed by atoms with Gasteiger partial charge in [-0.1, -0.05) is 0 Å². The summed E-state index contributed by atoms with van der Waals surface area (Å²) >= 11 is 0. The van der Waals surface area contributed by atoms with Crippen LogP contribution < -0.4 is 5.43 Å². The van der Waals surface area contributed by atoms with Gasteiger partial charge in [-0.25, -0.2) is 0 Å². The van der Waals surface area contributed by atoms with Crippen LogP contribution in [0.1, 0.15) is 5.69 Å². The summed E-state index contributed by atoms with van der Waals surface area (Å²) in [5.41, 5.74) is 2.24. The highest BCUT2D eigenvalue weighted by molar-refractivity contribution is 6.07. The van der Waals surface area contributed by atoms with E-state index in [0.717, 1.165) is 27.5 Å². The Balaban J connectivity index is 2.60. The predicted molar refractivity (Wildman–Crippen MR) is 61.1 cm³/mol. The van der Waals surface area contributed by atoms with Crippen molar-refractivity contribution < 1.29 is 4.39 Å². The number of H-pyrrole nitrogens is 2. The Kier molecular flexibility index (Phi) is 1.68. The van der Waals surface area contributed by atoms with Crippen molar-refractivity contribution in [1.29, 1.82) is 0 Å². The molecule has 0 aliphatic rings. The quantitative estimate of drug-likeness (QED) is 0.557. The number of hydrogen-bond donors (Lipinski definition) is 2. The van der Waals surface area contributed by atoms with E-state index in [1.165, 1.54) is 18.2 Å². The van der Waals surface area contributed by atoms with Crippen molar-refractivity contribution in [3.63, 3.8) is 0 Å². The zero-order chi connectivity index (χ0) is 11.3. The molecule has 0 unspecified atom stereocenters. The molecule has 16 heavy (non-hydrogen) atoms. The van der Waals surface area contributed by atoms with Gasteiger partial charge < -0.3 is 9.97 Å². The Bertz CT molecular complexity index is 755. The first-order valence-corrected chi connectivity index (χ1v) is 4.96. The van der Waals surface area contributed by atoms with Crippen molar-refractivity contribution in [2.75, 3.05) is 0 Å². The second kappa shape index (κ2) is 2.95. The predicted octanol–water partition coefficient (Wildman–Crippen LogP) is 2.46. The number of pyridine rings is 1. The number of halogens is 1. The maximum Gasteiger partial charge on any atom is 0.191 e. The molecule has 3 nitrogen and oxygen atoms in total. The van der Waals surface area contributed by atoms with Crippen LogP contribution in [0.25, 0.3) is 21.8 Å². The molecule has 0 aliphatic heterocycles. The first kappa shape index (κ1) is 9.15. The lowest BCUT2D eigenvalue weighted by molar-refractivity contribution is 0.583. The molecule has 80 valence electrons. The molecule has 0 fully saturated rings. The summed E-state index contributed by atoms with van der Waals surface area (Å²) < 4.78 is 13.3. The minimum absolute atomic E-state index is 0.0545. The van der Waals surface area contributed by atoms with Crippen molar-refractivity contribution in [3.05, 3.63) is 46.1 Å². The van der Waals surface area contributed by atoms with Crippen LogP contribution in [-0.4, -0.2) is 9.97 Å². The fourth-order valence-corrected chi connectivity index (χ4v) is 2.05. The molecule has 0 saturated heterocycles. The maximum absolute atomic E-state index is 13.3. The fourth-order valence-electron chi connectivity index (χ4n) is 2.05. The molecule has 0 aliphatic carbocycles. The van der Waals surface area contributed by atoms with Gasteiger partial charge in [-0.05, 0) is 19.1 Å². The number of aryl methyl sites for hydroxylation is 1. The van der Waals surface area contributed by atoms with Crippen LogP contribution in [0.2, 0.25) is 0 Å². The van der Waals surface area contributed by atoms with Crippen LogP contribution >= 0.6 is 0 Å². The minimum Gasteiger partial charge on any atom is -0.353 e. The third-order valence-electron chi connectivity index (χ3n) is 2.76. The number of fused-ring (bicyclic) bond motifs is 3. The van der Waals surface area contributed by atoms with Gasteiger partial charge in [-0.3, -0.25) is 4.79 Å². The van der Waals surface area contributed by atoms with Crippen molar-refractivity contribution in [1.82, 2.24) is 9.97 Å². The highest BCUT2D eigenvalue weighted by atomic mass is 19.1. The number of nitrogens with one attached hydrogen (secondary N) is 2. The van der Waals surface area contributed by atoms with Gasteiger partial charge in [0.2, 0.25) is 0 Å². The van der Waals surface area contributed by atoms with E-state index in [2.05, 4.69) is 9.97 Å². The Morgan fingerprint density at radius 1 is 1.12 bits per heavy atom. The average Bonchev–Trinajstić information content (AvgIpc) is 2.56. The molecule has 0 amide bonds. The summed E-state index contributed by atoms with van der Waals surface area (Å²) in [6.45, 7) is 1.79. The van der Waals surface area contributed by atoms with E-state index in [0.29, 0.717) is 0 Å². The van der Waals surface area contributed by atoms with Gasteiger partial charge in [0.1, 0.15) is 0 Å². The van der Waals surface area contributed by atoms with Crippen LogP contribution in [0.5, 0.6) is 0 Å². The van der Waals surface area contributed by atoms with Crippen molar-refractivity contribution in [2.45, 2.75) is 6.92 Å². The maximum atomic E-state index is 13.3. The second-order valence-electron chi connectivity index (χ2n) is 3.86. The van der Waals surface area contributed by atoms with Gasteiger partial charge >= 0.3 is 0 Å². The van der Waals surface area contributed by atoms with Gasteiger partial charge in [0.25, 0.3) is 0 Å². The standard InChI is InChI=1S/C12H9FN2O/c1-6-12-9(5-11(13)14-6)8-3-2-7(16)4-10(8)15-12/h2-5,14-15H,1H3. The summed E-state index contributed by atoms with van der Waals surface area (Å²) in [4.78, 5) is 16.9. The molecule has 3 rings (SSSR count). The number of aromatic amines is 2. The molecule has 0 spiro atoms. The van der Waals surface area contributed by atoms with E-state index in [9.17, 15) is 9.18 Å². The van der Waals surface area contributed by atoms with Gasteiger partial charge in [-0.15, -0.1) is 0 Å². The highest BCUT2D eigenvalue weighted by Gasteiger charge is 2.08. The zero-order valence-electron chi connectivity index (χ0n) is 8.60. The van der Waals surface area contributed by atoms with Crippen LogP contribution in [0.15, 0.2) is 29.1 Å². The monoisotopic (exact) mass is 216 g/mol. The van der Waals surface area contributed by atoms with Crippen LogP contribution in [0.3, 0.4) is 0 Å². The van der Waals surface area contributed by atoms with Gasteiger partial charge in [0, 0.05) is 28.6 Å². The Hall–Kier alpha value is -2.10. The fraction of sp³-hybridized carbons (Fsp3) is 0.0833. The molecule has 0 saturated carbocycles. The Morgan fingerprint density at radius 2 is 1.94 bits per heavy atom. The van der Waals surface area contributed by atoms with Gasteiger partial charge in [0.05, 0.1) is 11.0 Å². The smallest absolute Gasteiger partial charge is 0.191 e. The van der Waals surface area contributed by atoms with Gasteiger partial charge in [0.15, 0.2) is 11.4 Å². The number of hydrogen-bond acceptors (Lipinski definition) is 1. The minimum atomic E-state index is -0.378. The lowest BCUT2D eigenvalue weighted by atomic mass is 10.1. The summed E-state index contributed by atoms with van der Waals surface area (Å²) in [5, 5.41) is 1.66. The van der Waals surface area contributed by atoms with Crippen molar-refractivity contribution in [2.24, 2.45) is 0 Å². The average molecular weight is 216 g/mol. The summed E-state index contributed by atoms with van der Waals surface area (Å²) in [6.07, 6.45) is 0. The molecule has 3 aromatic rings. The third-order valence-corrected chi connectivity index (χ3v) is 2.76. The molecule has 2 N–H and O–H groups in total. The van der Waals surface area contributed by atoms with Crippen LogP contribution in [0, 0.1) is 12.9 Å². The second-order valence-corrected chi connectivity index (χ2v) is 3.86.